The number of carboxylic acid groups (broad SMARTS) is 1. The molecule has 2 aromatic heterocycles. The third-order valence-corrected chi connectivity index (χ3v) is 3.07. The van der Waals surface area contributed by atoms with Crippen LogP contribution in [0.1, 0.15) is 27.3 Å². The monoisotopic (exact) mass is 276 g/mol. The molecular formula is C12H9ClN4O2. The highest BCUT2D eigenvalue weighted by atomic mass is 35.5. The van der Waals surface area contributed by atoms with E-state index in [9.17, 15) is 4.79 Å². The van der Waals surface area contributed by atoms with Gasteiger partial charge in [0.15, 0.2) is 5.82 Å². The molecule has 0 spiro atoms. The maximum absolute atomic E-state index is 11.1. The summed E-state index contributed by atoms with van der Waals surface area (Å²) in [5, 5.41) is 22.3. The zero-order valence-corrected chi connectivity index (χ0v) is 10.9. The number of hydrogen-bond acceptors (Lipinski definition) is 4. The van der Waals surface area contributed by atoms with E-state index in [2.05, 4.69) is 10.1 Å². The van der Waals surface area contributed by atoms with E-state index in [0.29, 0.717) is 11.4 Å². The van der Waals surface area contributed by atoms with Crippen molar-refractivity contribution in [3.63, 3.8) is 0 Å². The van der Waals surface area contributed by atoms with E-state index in [1.54, 1.807) is 13.8 Å². The maximum Gasteiger partial charge on any atom is 0.339 e. The Morgan fingerprint density at radius 2 is 2.21 bits per heavy atom. The van der Waals surface area contributed by atoms with Gasteiger partial charge in [-0.3, -0.25) is 0 Å². The number of carboxylic acids is 1. The third-order valence-electron chi connectivity index (χ3n) is 2.70. The molecule has 0 aliphatic heterocycles. The summed E-state index contributed by atoms with van der Waals surface area (Å²) in [5.74, 6) is -0.817. The van der Waals surface area contributed by atoms with Gasteiger partial charge in [0.1, 0.15) is 16.7 Å². The number of aromatic nitrogens is 3. The van der Waals surface area contributed by atoms with Crippen molar-refractivity contribution in [3.8, 4) is 11.9 Å². The van der Waals surface area contributed by atoms with E-state index >= 15 is 0 Å². The van der Waals surface area contributed by atoms with Gasteiger partial charge in [0.2, 0.25) is 0 Å². The molecule has 6 nitrogen and oxygen atoms in total. The Balaban J connectivity index is 2.71. The molecule has 0 aliphatic carbocycles. The molecule has 0 saturated carbocycles. The Bertz CT molecular complexity index is 715. The minimum atomic E-state index is -1.06. The number of pyridine rings is 1. The minimum absolute atomic E-state index is 0.111. The molecule has 0 aromatic carbocycles. The molecule has 7 heteroatoms. The van der Waals surface area contributed by atoms with Gasteiger partial charge in [0.05, 0.1) is 17.0 Å². The summed E-state index contributed by atoms with van der Waals surface area (Å²) >= 11 is 6.06. The van der Waals surface area contributed by atoms with Gasteiger partial charge in [0.25, 0.3) is 0 Å². The first kappa shape index (κ1) is 13.1. The van der Waals surface area contributed by atoms with Gasteiger partial charge in [-0.2, -0.15) is 10.4 Å². The first-order chi connectivity index (χ1) is 8.97. The summed E-state index contributed by atoms with van der Waals surface area (Å²) in [6, 6.07) is 3.42. The van der Waals surface area contributed by atoms with E-state index in [0.717, 1.165) is 0 Å². The smallest absolute Gasteiger partial charge is 0.339 e. The van der Waals surface area contributed by atoms with Crippen molar-refractivity contribution in [3.05, 3.63) is 39.8 Å². The fourth-order valence-corrected chi connectivity index (χ4v) is 2.06. The molecule has 0 radical (unpaired) electrons. The first-order valence-corrected chi connectivity index (χ1v) is 5.69. The number of aryl methyl sites for hydroxylation is 1. The van der Waals surface area contributed by atoms with Gasteiger partial charge in [-0.15, -0.1) is 0 Å². The van der Waals surface area contributed by atoms with Gasteiger partial charge >= 0.3 is 5.97 Å². The number of rotatable bonds is 2. The molecule has 0 unspecified atom stereocenters. The van der Waals surface area contributed by atoms with Crippen LogP contribution < -0.4 is 0 Å². The Kier molecular flexibility index (Phi) is 3.23. The van der Waals surface area contributed by atoms with Crippen LogP contribution in [0.15, 0.2) is 12.3 Å². The summed E-state index contributed by atoms with van der Waals surface area (Å²) in [6.07, 6.45) is 1.43. The van der Waals surface area contributed by atoms with Gasteiger partial charge in [-0.05, 0) is 19.9 Å². The highest BCUT2D eigenvalue weighted by Crippen LogP contribution is 2.24. The molecule has 19 heavy (non-hydrogen) atoms. The molecular weight excluding hydrogens is 268 g/mol. The van der Waals surface area contributed by atoms with Crippen molar-refractivity contribution in [1.29, 1.82) is 5.26 Å². The fraction of sp³-hybridized carbons (Fsp3) is 0.167. The number of halogens is 1. The summed E-state index contributed by atoms with van der Waals surface area (Å²) < 4.78 is 1.34. The highest BCUT2D eigenvalue weighted by Gasteiger charge is 2.21. The quantitative estimate of drug-likeness (QED) is 0.907. The van der Waals surface area contributed by atoms with Gasteiger partial charge < -0.3 is 5.11 Å². The number of hydrogen-bond donors (Lipinski definition) is 1. The second kappa shape index (κ2) is 4.71. The fourth-order valence-electron chi connectivity index (χ4n) is 1.83. The summed E-state index contributed by atoms with van der Waals surface area (Å²) in [6.45, 7) is 3.20. The lowest BCUT2D eigenvalue weighted by molar-refractivity contribution is 0.0695. The van der Waals surface area contributed by atoms with Crippen LogP contribution in [0.25, 0.3) is 5.82 Å². The number of nitrogens with zero attached hydrogens (tertiary/aromatic N) is 4. The normalized spacial score (nSPS) is 10.2. The number of nitriles is 1. The Morgan fingerprint density at radius 3 is 2.74 bits per heavy atom. The molecule has 0 saturated heterocycles. The lowest BCUT2D eigenvalue weighted by Gasteiger charge is -2.06. The maximum atomic E-state index is 11.1. The second-order valence-corrected chi connectivity index (χ2v) is 4.25. The van der Waals surface area contributed by atoms with Crippen LogP contribution in [0, 0.1) is 25.2 Å². The van der Waals surface area contributed by atoms with Crippen molar-refractivity contribution in [2.24, 2.45) is 0 Å². The zero-order chi connectivity index (χ0) is 14.2. The Labute approximate surface area is 113 Å². The predicted octanol–water partition coefficient (Wildman–Crippen LogP) is 2.11. The van der Waals surface area contributed by atoms with Crippen LogP contribution in [0.2, 0.25) is 5.02 Å². The molecule has 0 aliphatic rings. The molecule has 1 N–H and O–H groups in total. The number of aromatic carboxylic acids is 1. The van der Waals surface area contributed by atoms with Crippen molar-refractivity contribution < 1.29 is 9.90 Å². The molecule has 0 atom stereocenters. The lowest BCUT2D eigenvalue weighted by Crippen LogP contribution is -2.05. The minimum Gasteiger partial charge on any atom is -0.478 e. The topological polar surface area (TPSA) is 91.8 Å². The molecule has 0 fully saturated rings. The van der Waals surface area contributed by atoms with E-state index < -0.39 is 5.97 Å². The lowest BCUT2D eigenvalue weighted by atomic mass is 10.2. The molecule has 2 heterocycles. The van der Waals surface area contributed by atoms with Crippen LogP contribution in [0.3, 0.4) is 0 Å². The predicted molar refractivity (Wildman–Crippen MR) is 67.5 cm³/mol. The first-order valence-electron chi connectivity index (χ1n) is 5.31. The SMILES string of the molecule is Cc1nn(-c2nccc(C#N)c2Cl)c(C)c1C(=O)O. The van der Waals surface area contributed by atoms with Crippen LogP contribution in [-0.4, -0.2) is 25.8 Å². The van der Waals surface area contributed by atoms with Crippen LogP contribution in [-0.2, 0) is 0 Å². The largest absolute Gasteiger partial charge is 0.478 e. The van der Waals surface area contributed by atoms with E-state index in [1.165, 1.54) is 16.9 Å². The van der Waals surface area contributed by atoms with E-state index in [4.69, 9.17) is 22.0 Å². The van der Waals surface area contributed by atoms with Crippen molar-refractivity contribution in [1.82, 2.24) is 14.8 Å². The number of carbonyl (C=O) groups is 1. The van der Waals surface area contributed by atoms with Crippen LogP contribution in [0.5, 0.6) is 0 Å². The van der Waals surface area contributed by atoms with Crippen molar-refractivity contribution in [2.75, 3.05) is 0 Å². The average molecular weight is 277 g/mol. The summed E-state index contributed by atoms with van der Waals surface area (Å²) in [5.41, 5.74) is 1.15. The molecule has 2 rings (SSSR count). The van der Waals surface area contributed by atoms with E-state index in [1.807, 2.05) is 6.07 Å². The molecule has 0 bridgehead atoms. The third kappa shape index (κ3) is 2.04. The molecule has 2 aromatic rings. The Morgan fingerprint density at radius 1 is 1.53 bits per heavy atom. The van der Waals surface area contributed by atoms with Gasteiger partial charge in [-0.1, -0.05) is 11.6 Å². The Hall–Kier alpha value is -2.39. The summed E-state index contributed by atoms with van der Waals surface area (Å²) in [7, 11) is 0. The van der Waals surface area contributed by atoms with Crippen molar-refractivity contribution in [2.45, 2.75) is 13.8 Å². The van der Waals surface area contributed by atoms with E-state index in [-0.39, 0.29) is 22.0 Å². The average Bonchev–Trinajstić information content (AvgIpc) is 2.65. The highest BCUT2D eigenvalue weighted by molar-refractivity contribution is 6.33. The van der Waals surface area contributed by atoms with Crippen LogP contribution >= 0.6 is 11.6 Å². The summed E-state index contributed by atoms with van der Waals surface area (Å²) in [4.78, 5) is 15.2. The van der Waals surface area contributed by atoms with Gasteiger partial charge in [0, 0.05) is 6.20 Å². The standard InChI is InChI=1S/C12H9ClN4O2/c1-6-9(12(18)19)7(2)17(16-6)11-10(13)8(5-14)3-4-15-11/h3-4H,1-2H3,(H,18,19). The molecule has 0 amide bonds. The molecule has 96 valence electrons. The second-order valence-electron chi connectivity index (χ2n) is 3.87. The van der Waals surface area contributed by atoms with Crippen LogP contribution in [0.4, 0.5) is 0 Å². The zero-order valence-electron chi connectivity index (χ0n) is 10.2. The van der Waals surface area contributed by atoms with Crippen molar-refractivity contribution >= 4 is 17.6 Å². The van der Waals surface area contributed by atoms with Gasteiger partial charge in [-0.25, -0.2) is 14.5 Å².